The van der Waals surface area contributed by atoms with Crippen LogP contribution in [0, 0.1) is 0 Å². The summed E-state index contributed by atoms with van der Waals surface area (Å²) >= 11 is 0. The Balaban J connectivity index is 2.96. The second-order valence-corrected chi connectivity index (χ2v) is 3.28. The van der Waals surface area contributed by atoms with Crippen LogP contribution in [0.4, 0.5) is 11.4 Å². The van der Waals surface area contributed by atoms with Gasteiger partial charge in [-0.05, 0) is 0 Å². The molecule has 2 aromatic carbocycles. The van der Waals surface area contributed by atoms with Gasteiger partial charge < -0.3 is 21.3 Å². The Morgan fingerprint density at radius 1 is 1.07 bits per heavy atom. The quantitative estimate of drug-likeness (QED) is 0.325. The fourth-order valence-corrected chi connectivity index (χ4v) is 1.67. The number of phenolic OH excluding ortho intramolecular Hbond substituents is 2. The second kappa shape index (κ2) is 3.24. The van der Waals surface area contributed by atoms with Gasteiger partial charge in [-0.2, -0.15) is 0 Å². The number of nitrogens with one attached hydrogen (secondary N) is 1. The van der Waals surface area contributed by atoms with Crippen LogP contribution in [0.3, 0.4) is 0 Å². The number of fused-ring (bicyclic) bond motifs is 1. The summed E-state index contributed by atoms with van der Waals surface area (Å²) in [6.07, 6.45) is 0. The summed E-state index contributed by atoms with van der Waals surface area (Å²) in [5, 5.41) is 23.6. The molecule has 0 unspecified atom stereocenters. The molecule has 5 N–H and O–H groups in total. The van der Waals surface area contributed by atoms with E-state index in [0.717, 1.165) is 0 Å². The largest absolute Gasteiger partial charge is 0.505 e. The van der Waals surface area contributed by atoms with Crippen molar-refractivity contribution in [2.45, 2.75) is 0 Å². The minimum Gasteiger partial charge on any atom is -0.505 e. The van der Waals surface area contributed by atoms with Crippen LogP contribution in [0.25, 0.3) is 10.8 Å². The van der Waals surface area contributed by atoms with Crippen molar-refractivity contribution in [1.82, 2.24) is 0 Å². The number of nitrogens with two attached hydrogens (primary N) is 1. The molecule has 4 heteroatoms. The highest BCUT2D eigenvalue weighted by molar-refractivity contribution is 6.03. The van der Waals surface area contributed by atoms with Gasteiger partial charge >= 0.3 is 0 Å². The number of aromatic hydroxyl groups is 2. The molecular weight excluding hydrogens is 192 g/mol. The molecular formula is C11H12N2O2. The van der Waals surface area contributed by atoms with Gasteiger partial charge in [0.2, 0.25) is 0 Å². The van der Waals surface area contributed by atoms with Crippen molar-refractivity contribution >= 4 is 22.1 Å². The molecule has 0 heterocycles. The highest BCUT2D eigenvalue weighted by atomic mass is 16.3. The van der Waals surface area contributed by atoms with Gasteiger partial charge in [0.05, 0.1) is 0 Å². The Kier molecular flexibility index (Phi) is 2.04. The van der Waals surface area contributed by atoms with Crippen molar-refractivity contribution in [2.24, 2.45) is 0 Å². The molecule has 0 aliphatic carbocycles. The number of hydrogen-bond donors (Lipinski definition) is 4. The lowest BCUT2D eigenvalue weighted by Gasteiger charge is -2.12. The number of nitrogen functional groups attached to an aromatic ring is 1. The van der Waals surface area contributed by atoms with Crippen molar-refractivity contribution in [3.05, 3.63) is 24.3 Å². The van der Waals surface area contributed by atoms with Crippen molar-refractivity contribution in [3.63, 3.8) is 0 Å². The number of benzene rings is 2. The summed E-state index contributed by atoms with van der Waals surface area (Å²) < 4.78 is 0. The van der Waals surface area contributed by atoms with Crippen molar-refractivity contribution < 1.29 is 10.2 Å². The van der Waals surface area contributed by atoms with E-state index in [2.05, 4.69) is 5.32 Å². The Morgan fingerprint density at radius 2 is 1.60 bits per heavy atom. The zero-order chi connectivity index (χ0) is 11.0. The molecule has 0 radical (unpaired) electrons. The summed E-state index contributed by atoms with van der Waals surface area (Å²) in [6, 6.07) is 7.00. The molecule has 2 aromatic rings. The Labute approximate surface area is 87.0 Å². The Hall–Kier alpha value is -2.10. The van der Waals surface area contributed by atoms with Crippen molar-refractivity contribution in [3.8, 4) is 11.5 Å². The lowest BCUT2D eigenvalue weighted by Crippen LogP contribution is -1.97. The number of hydrogen-bond acceptors (Lipinski definition) is 4. The molecule has 0 saturated heterocycles. The van der Waals surface area contributed by atoms with Gasteiger partial charge in [-0.15, -0.1) is 0 Å². The zero-order valence-corrected chi connectivity index (χ0v) is 8.28. The third-order valence-corrected chi connectivity index (χ3v) is 2.45. The molecule has 0 aliphatic rings. The van der Waals surface area contributed by atoms with E-state index in [4.69, 9.17) is 5.73 Å². The maximum Gasteiger partial charge on any atom is 0.148 e. The first kappa shape index (κ1) is 9.45. The summed E-state index contributed by atoms with van der Waals surface area (Å²) in [6.45, 7) is 0. The van der Waals surface area contributed by atoms with Crippen LogP contribution < -0.4 is 11.1 Å². The molecule has 0 amide bonds. The van der Waals surface area contributed by atoms with E-state index >= 15 is 0 Å². The number of anilines is 2. The molecule has 0 atom stereocenters. The van der Waals surface area contributed by atoms with Crippen LogP contribution >= 0.6 is 0 Å². The predicted molar refractivity (Wildman–Crippen MR) is 61.2 cm³/mol. The van der Waals surface area contributed by atoms with E-state index < -0.39 is 0 Å². The molecule has 0 aromatic heterocycles. The van der Waals surface area contributed by atoms with Gasteiger partial charge in [-0.3, -0.25) is 0 Å². The predicted octanol–water partition coefficient (Wildman–Crippen LogP) is 1.87. The minimum atomic E-state index is -0.00671. The van der Waals surface area contributed by atoms with E-state index in [1.165, 1.54) is 0 Å². The molecule has 4 nitrogen and oxygen atoms in total. The SMILES string of the molecule is CNc1c(N)c(O)c2ccccc2c1O. The molecule has 0 aliphatic heterocycles. The lowest BCUT2D eigenvalue weighted by atomic mass is 10.1. The van der Waals surface area contributed by atoms with Gasteiger partial charge in [0.25, 0.3) is 0 Å². The van der Waals surface area contributed by atoms with Crippen LogP contribution in [0.5, 0.6) is 11.5 Å². The number of phenols is 2. The van der Waals surface area contributed by atoms with Crippen molar-refractivity contribution in [1.29, 1.82) is 0 Å². The molecule has 2 rings (SSSR count). The molecule has 15 heavy (non-hydrogen) atoms. The molecule has 0 saturated carbocycles. The summed E-state index contributed by atoms with van der Waals surface area (Å²) in [4.78, 5) is 0. The highest BCUT2D eigenvalue weighted by Gasteiger charge is 2.14. The van der Waals surface area contributed by atoms with E-state index in [1.54, 1.807) is 31.3 Å². The van der Waals surface area contributed by atoms with Gasteiger partial charge in [0.1, 0.15) is 22.9 Å². The third-order valence-electron chi connectivity index (χ3n) is 2.45. The van der Waals surface area contributed by atoms with E-state index in [1.807, 2.05) is 0 Å². The van der Waals surface area contributed by atoms with Crippen molar-refractivity contribution in [2.75, 3.05) is 18.1 Å². The lowest BCUT2D eigenvalue weighted by molar-refractivity contribution is 0.473. The zero-order valence-electron chi connectivity index (χ0n) is 8.28. The molecule has 0 bridgehead atoms. The van der Waals surface area contributed by atoms with Gasteiger partial charge in [0.15, 0.2) is 0 Å². The van der Waals surface area contributed by atoms with Crippen LogP contribution in [0.1, 0.15) is 0 Å². The summed E-state index contributed by atoms with van der Waals surface area (Å²) in [5.74, 6) is 0.0520. The van der Waals surface area contributed by atoms with E-state index in [9.17, 15) is 10.2 Å². The normalized spacial score (nSPS) is 10.5. The monoisotopic (exact) mass is 204 g/mol. The summed E-state index contributed by atoms with van der Waals surface area (Å²) in [5.41, 5.74) is 6.20. The van der Waals surface area contributed by atoms with Gasteiger partial charge in [-0.25, -0.2) is 0 Å². The van der Waals surface area contributed by atoms with Crippen LogP contribution in [0.2, 0.25) is 0 Å². The summed E-state index contributed by atoms with van der Waals surface area (Å²) in [7, 11) is 1.64. The average molecular weight is 204 g/mol. The highest BCUT2D eigenvalue weighted by Crippen LogP contribution is 2.44. The Bertz CT molecular complexity index is 523. The standard InChI is InChI=1S/C11H12N2O2/c1-13-9-8(12)10(14)6-4-2-3-5-7(6)11(9)15/h2-5,13-15H,12H2,1H3. The van der Waals surface area contributed by atoms with Crippen LogP contribution in [-0.4, -0.2) is 17.3 Å². The minimum absolute atomic E-state index is 0.00671. The Morgan fingerprint density at radius 3 is 2.13 bits per heavy atom. The first-order valence-corrected chi connectivity index (χ1v) is 4.56. The third kappa shape index (κ3) is 1.22. The smallest absolute Gasteiger partial charge is 0.148 e. The van der Waals surface area contributed by atoms with Gasteiger partial charge in [0, 0.05) is 17.8 Å². The van der Waals surface area contributed by atoms with E-state index in [0.29, 0.717) is 16.5 Å². The fraction of sp³-hybridized carbons (Fsp3) is 0.0909. The van der Waals surface area contributed by atoms with E-state index in [-0.39, 0.29) is 17.2 Å². The second-order valence-electron chi connectivity index (χ2n) is 3.28. The molecule has 0 fully saturated rings. The van der Waals surface area contributed by atoms with Crippen LogP contribution in [-0.2, 0) is 0 Å². The maximum absolute atomic E-state index is 9.90. The fourth-order valence-electron chi connectivity index (χ4n) is 1.67. The molecule has 0 spiro atoms. The average Bonchev–Trinajstić information content (AvgIpc) is 2.27. The maximum atomic E-state index is 9.90. The molecule has 78 valence electrons. The van der Waals surface area contributed by atoms with Gasteiger partial charge in [-0.1, -0.05) is 24.3 Å². The number of rotatable bonds is 1. The van der Waals surface area contributed by atoms with Crippen LogP contribution in [0.15, 0.2) is 24.3 Å². The first-order valence-electron chi connectivity index (χ1n) is 4.56. The first-order chi connectivity index (χ1) is 7.16. The topological polar surface area (TPSA) is 78.5 Å².